The maximum absolute atomic E-state index is 12.1. The molecule has 3 rings (SSSR count). The monoisotopic (exact) mass is 420 g/mol. The second kappa shape index (κ2) is 9.25. The highest BCUT2D eigenvalue weighted by atomic mass is 32.2. The number of allylic oxidation sites excluding steroid dienone is 1. The minimum Gasteiger partial charge on any atom is -0.300 e. The van der Waals surface area contributed by atoms with Crippen LogP contribution in [0.15, 0.2) is 29.3 Å². The van der Waals surface area contributed by atoms with Gasteiger partial charge < -0.3 is 0 Å². The van der Waals surface area contributed by atoms with Gasteiger partial charge in [0.25, 0.3) is 0 Å². The summed E-state index contributed by atoms with van der Waals surface area (Å²) in [6, 6.07) is 2.16. The van der Waals surface area contributed by atoms with Crippen LogP contribution >= 0.6 is 34.4 Å². The van der Waals surface area contributed by atoms with Gasteiger partial charge in [0, 0.05) is 22.4 Å². The zero-order valence-corrected chi connectivity index (χ0v) is 17.6. The van der Waals surface area contributed by atoms with Crippen LogP contribution in [0.25, 0.3) is 11.4 Å². The van der Waals surface area contributed by atoms with Gasteiger partial charge in [0.15, 0.2) is 11.0 Å². The average molecular weight is 421 g/mol. The number of anilines is 1. The van der Waals surface area contributed by atoms with E-state index in [2.05, 4.69) is 50.7 Å². The van der Waals surface area contributed by atoms with Crippen molar-refractivity contribution in [2.24, 2.45) is 0 Å². The van der Waals surface area contributed by atoms with Gasteiger partial charge in [0.05, 0.1) is 5.75 Å². The maximum atomic E-state index is 12.1. The van der Waals surface area contributed by atoms with E-state index in [9.17, 15) is 4.79 Å². The number of thioether (sulfide) groups is 1. The summed E-state index contributed by atoms with van der Waals surface area (Å²) in [6.45, 7) is 8.42. The number of carbonyl (C=O) groups excluding carboxylic acids is 1. The van der Waals surface area contributed by atoms with E-state index in [1.807, 2.05) is 11.5 Å². The van der Waals surface area contributed by atoms with Gasteiger partial charge >= 0.3 is 0 Å². The smallest absolute Gasteiger partial charge is 0.236 e. The Hall–Kier alpha value is -2.04. The normalized spacial score (nSPS) is 10.9. The molecule has 0 saturated heterocycles. The van der Waals surface area contributed by atoms with Crippen molar-refractivity contribution >= 4 is 45.5 Å². The van der Waals surface area contributed by atoms with Gasteiger partial charge in [-0.15, -0.1) is 38.3 Å². The molecule has 0 fully saturated rings. The molecule has 0 saturated carbocycles. The SMILES string of the molecule is C=CCn1c(SCC(=O)Nc2nnc(C)s2)nnc1-c1csc(CCC)c1. The lowest BCUT2D eigenvalue weighted by Gasteiger charge is -2.06. The molecule has 0 spiro atoms. The highest BCUT2D eigenvalue weighted by molar-refractivity contribution is 7.99. The number of rotatable bonds is 9. The molecule has 0 aliphatic heterocycles. The fourth-order valence-corrected chi connectivity index (χ4v) is 4.74. The molecule has 7 nitrogen and oxygen atoms in total. The second-order valence-electron chi connectivity index (χ2n) is 5.72. The van der Waals surface area contributed by atoms with Gasteiger partial charge in [-0.1, -0.05) is 42.5 Å². The van der Waals surface area contributed by atoms with Crippen molar-refractivity contribution in [3.05, 3.63) is 34.0 Å². The Morgan fingerprint density at radius 2 is 2.22 bits per heavy atom. The number of aromatic nitrogens is 5. The van der Waals surface area contributed by atoms with E-state index in [-0.39, 0.29) is 11.7 Å². The van der Waals surface area contributed by atoms with Gasteiger partial charge in [-0.05, 0) is 19.4 Å². The Kier molecular flexibility index (Phi) is 6.75. The molecule has 3 aromatic heterocycles. The average Bonchev–Trinajstić information content (AvgIpc) is 3.35. The summed E-state index contributed by atoms with van der Waals surface area (Å²) in [6.07, 6.45) is 3.98. The predicted molar refractivity (Wildman–Crippen MR) is 112 cm³/mol. The van der Waals surface area contributed by atoms with E-state index in [1.165, 1.54) is 28.0 Å². The summed E-state index contributed by atoms with van der Waals surface area (Å²) in [4.78, 5) is 13.5. The number of nitrogens with one attached hydrogen (secondary N) is 1. The molecule has 1 N–H and O–H groups in total. The van der Waals surface area contributed by atoms with E-state index >= 15 is 0 Å². The lowest BCUT2D eigenvalue weighted by Crippen LogP contribution is -2.14. The molecule has 0 unspecified atom stereocenters. The molecular formula is C17H20N6OS3. The molecular weight excluding hydrogens is 400 g/mol. The van der Waals surface area contributed by atoms with Crippen LogP contribution in [0.3, 0.4) is 0 Å². The molecule has 0 aromatic carbocycles. The molecule has 142 valence electrons. The van der Waals surface area contributed by atoms with Gasteiger partial charge in [-0.3, -0.25) is 14.7 Å². The molecule has 3 heterocycles. The topological polar surface area (TPSA) is 85.6 Å². The van der Waals surface area contributed by atoms with E-state index in [0.29, 0.717) is 16.8 Å². The van der Waals surface area contributed by atoms with Crippen molar-refractivity contribution in [2.45, 2.75) is 38.4 Å². The van der Waals surface area contributed by atoms with Crippen LogP contribution in [-0.4, -0.2) is 36.6 Å². The van der Waals surface area contributed by atoms with Crippen molar-refractivity contribution in [3.8, 4) is 11.4 Å². The zero-order valence-electron chi connectivity index (χ0n) is 15.1. The number of thiophene rings is 1. The van der Waals surface area contributed by atoms with Crippen LogP contribution in [0.4, 0.5) is 5.13 Å². The number of hydrogen-bond donors (Lipinski definition) is 1. The van der Waals surface area contributed by atoms with Crippen LogP contribution in [-0.2, 0) is 17.8 Å². The molecule has 0 aliphatic carbocycles. The van der Waals surface area contributed by atoms with Gasteiger partial charge in [-0.2, -0.15) is 0 Å². The Morgan fingerprint density at radius 1 is 1.37 bits per heavy atom. The third-order valence-electron chi connectivity index (χ3n) is 3.54. The summed E-state index contributed by atoms with van der Waals surface area (Å²) < 4.78 is 1.98. The fraction of sp³-hybridized carbons (Fsp3) is 0.353. The lowest BCUT2D eigenvalue weighted by atomic mass is 10.2. The lowest BCUT2D eigenvalue weighted by molar-refractivity contribution is -0.113. The maximum Gasteiger partial charge on any atom is 0.236 e. The highest BCUT2D eigenvalue weighted by Crippen LogP contribution is 2.28. The number of aryl methyl sites for hydroxylation is 2. The molecule has 1 amide bonds. The van der Waals surface area contributed by atoms with Crippen LogP contribution in [0.5, 0.6) is 0 Å². The first-order valence-corrected chi connectivity index (χ1v) is 11.1. The molecule has 27 heavy (non-hydrogen) atoms. The molecule has 10 heteroatoms. The van der Waals surface area contributed by atoms with Crippen molar-refractivity contribution in [2.75, 3.05) is 11.1 Å². The van der Waals surface area contributed by atoms with Gasteiger partial charge in [-0.25, -0.2) is 0 Å². The van der Waals surface area contributed by atoms with Gasteiger partial charge in [0.2, 0.25) is 11.0 Å². The number of nitrogens with zero attached hydrogens (tertiary/aromatic N) is 5. The largest absolute Gasteiger partial charge is 0.300 e. The Balaban J connectivity index is 1.70. The Labute approximate surface area is 169 Å². The zero-order chi connectivity index (χ0) is 19.2. The van der Waals surface area contributed by atoms with Crippen LogP contribution in [0.1, 0.15) is 23.2 Å². The van der Waals surface area contributed by atoms with E-state index in [0.717, 1.165) is 29.2 Å². The first kappa shape index (κ1) is 19.7. The minimum atomic E-state index is -0.147. The van der Waals surface area contributed by atoms with Crippen LogP contribution < -0.4 is 5.32 Å². The van der Waals surface area contributed by atoms with Gasteiger partial charge in [0.1, 0.15) is 5.01 Å². The van der Waals surface area contributed by atoms with E-state index in [4.69, 9.17) is 0 Å². The quantitative estimate of drug-likeness (QED) is 0.415. The molecule has 0 aliphatic rings. The highest BCUT2D eigenvalue weighted by Gasteiger charge is 2.16. The van der Waals surface area contributed by atoms with Crippen molar-refractivity contribution in [1.82, 2.24) is 25.0 Å². The number of amides is 1. The first-order valence-electron chi connectivity index (χ1n) is 8.45. The van der Waals surface area contributed by atoms with Crippen molar-refractivity contribution < 1.29 is 4.79 Å². The third kappa shape index (κ3) is 5.02. The van der Waals surface area contributed by atoms with Crippen molar-refractivity contribution in [1.29, 1.82) is 0 Å². The predicted octanol–water partition coefficient (Wildman–Crippen LogP) is 4.04. The minimum absolute atomic E-state index is 0.147. The number of hydrogen-bond acceptors (Lipinski definition) is 8. The summed E-state index contributed by atoms with van der Waals surface area (Å²) in [5.41, 5.74) is 1.05. The Bertz CT molecular complexity index is 929. The van der Waals surface area contributed by atoms with E-state index < -0.39 is 0 Å². The fourth-order valence-electron chi connectivity index (χ4n) is 2.41. The Morgan fingerprint density at radius 3 is 2.93 bits per heavy atom. The first-order chi connectivity index (χ1) is 13.1. The van der Waals surface area contributed by atoms with E-state index in [1.54, 1.807) is 17.4 Å². The molecule has 3 aromatic rings. The third-order valence-corrected chi connectivity index (χ3v) is 6.26. The standard InChI is InChI=1S/C17H20N6OS3/c1-4-6-13-8-12(9-25-13)15-20-22-17(23(15)7-5-2)26-10-14(24)18-16-21-19-11(3)27-16/h5,8-9H,2,4,6-7,10H2,1,3H3,(H,18,21,24). The molecule has 0 radical (unpaired) electrons. The molecule has 0 atom stereocenters. The summed E-state index contributed by atoms with van der Waals surface area (Å²) in [5, 5.41) is 23.3. The van der Waals surface area contributed by atoms with Crippen LogP contribution in [0, 0.1) is 6.92 Å². The summed E-state index contributed by atoms with van der Waals surface area (Å²) >= 11 is 4.43. The number of carbonyl (C=O) groups is 1. The second-order valence-corrected chi connectivity index (χ2v) is 8.84. The van der Waals surface area contributed by atoms with Crippen molar-refractivity contribution in [3.63, 3.8) is 0 Å². The summed E-state index contributed by atoms with van der Waals surface area (Å²) in [7, 11) is 0. The summed E-state index contributed by atoms with van der Waals surface area (Å²) in [5.74, 6) is 0.876. The van der Waals surface area contributed by atoms with Crippen LogP contribution in [0.2, 0.25) is 0 Å². The molecule has 0 bridgehead atoms.